The van der Waals surface area contributed by atoms with Gasteiger partial charge in [-0.3, -0.25) is 10.1 Å². The Kier molecular flexibility index (Phi) is 4.71. The predicted octanol–water partition coefficient (Wildman–Crippen LogP) is 3.20. The van der Waals surface area contributed by atoms with Crippen LogP contribution in [-0.4, -0.2) is 40.1 Å². The van der Waals surface area contributed by atoms with Gasteiger partial charge in [0.2, 0.25) is 0 Å². The molecular weight excluding hydrogens is 345 g/mol. The number of amides is 2. The van der Waals surface area contributed by atoms with Crippen molar-refractivity contribution in [3.05, 3.63) is 46.7 Å². The van der Waals surface area contributed by atoms with Crippen molar-refractivity contribution < 1.29 is 19.1 Å². The molecule has 1 aromatic heterocycles. The maximum Gasteiger partial charge on any atom is 0.323 e. The lowest BCUT2D eigenvalue weighted by Crippen LogP contribution is -2.37. The van der Waals surface area contributed by atoms with Crippen LogP contribution in [0.25, 0.3) is 0 Å². The molecule has 0 bridgehead atoms. The van der Waals surface area contributed by atoms with Crippen molar-refractivity contribution in [1.29, 1.82) is 0 Å². The number of nitrogens with zero attached hydrogens (tertiary/aromatic N) is 2. The molecule has 2 heterocycles. The van der Waals surface area contributed by atoms with Gasteiger partial charge < -0.3 is 10.0 Å². The molecule has 0 saturated carbocycles. The van der Waals surface area contributed by atoms with Crippen molar-refractivity contribution in [3.63, 3.8) is 0 Å². The van der Waals surface area contributed by atoms with Crippen LogP contribution in [0.2, 0.25) is 0 Å². The van der Waals surface area contributed by atoms with Crippen LogP contribution in [0.3, 0.4) is 0 Å². The number of benzene rings is 1. The molecule has 2 aromatic rings. The second kappa shape index (κ2) is 6.79. The van der Waals surface area contributed by atoms with Gasteiger partial charge in [0.25, 0.3) is 0 Å². The van der Waals surface area contributed by atoms with E-state index in [1.165, 1.54) is 28.4 Å². The SMILES string of the molecule is CC1(C(=O)O)CCN(C(=O)Nc2ncc(Cc3cccc(F)c3)s2)C1. The Bertz CT molecular complexity index is 810. The van der Waals surface area contributed by atoms with E-state index in [9.17, 15) is 19.1 Å². The van der Waals surface area contributed by atoms with Gasteiger partial charge in [-0.2, -0.15) is 0 Å². The van der Waals surface area contributed by atoms with Crippen LogP contribution in [0, 0.1) is 11.2 Å². The van der Waals surface area contributed by atoms with E-state index in [1.54, 1.807) is 19.2 Å². The average molecular weight is 363 g/mol. The summed E-state index contributed by atoms with van der Waals surface area (Å²) in [4.78, 5) is 30.1. The summed E-state index contributed by atoms with van der Waals surface area (Å²) in [6, 6.07) is 5.99. The average Bonchev–Trinajstić information content (AvgIpc) is 3.15. The third-order valence-electron chi connectivity index (χ3n) is 4.31. The standard InChI is InChI=1S/C17H18FN3O3S/c1-17(14(22)23)5-6-21(10-17)16(24)20-15-19-9-13(25-15)8-11-3-2-4-12(18)7-11/h2-4,7,9H,5-6,8,10H2,1H3,(H,22,23)(H,19,20,24). The summed E-state index contributed by atoms with van der Waals surface area (Å²) in [5.41, 5.74) is -0.0683. The summed E-state index contributed by atoms with van der Waals surface area (Å²) < 4.78 is 13.2. The van der Waals surface area contributed by atoms with Crippen molar-refractivity contribution in [3.8, 4) is 0 Å². The number of aromatic nitrogens is 1. The Balaban J connectivity index is 1.60. The normalized spacial score (nSPS) is 19.8. The highest BCUT2D eigenvalue weighted by Crippen LogP contribution is 2.31. The first-order chi connectivity index (χ1) is 11.9. The van der Waals surface area contributed by atoms with E-state index in [-0.39, 0.29) is 18.4 Å². The molecule has 1 unspecified atom stereocenters. The van der Waals surface area contributed by atoms with Crippen molar-refractivity contribution in [2.24, 2.45) is 5.41 Å². The molecule has 1 saturated heterocycles. The van der Waals surface area contributed by atoms with Gasteiger partial charge in [0, 0.05) is 30.6 Å². The first-order valence-electron chi connectivity index (χ1n) is 7.84. The van der Waals surface area contributed by atoms with Crippen LogP contribution < -0.4 is 5.32 Å². The molecule has 2 N–H and O–H groups in total. The Morgan fingerprint density at radius 3 is 2.96 bits per heavy atom. The lowest BCUT2D eigenvalue weighted by atomic mass is 9.90. The number of anilines is 1. The summed E-state index contributed by atoms with van der Waals surface area (Å²) in [6.07, 6.45) is 2.61. The fraction of sp³-hybridized carbons (Fsp3) is 0.353. The minimum absolute atomic E-state index is 0.176. The van der Waals surface area contributed by atoms with Crippen LogP contribution in [0.4, 0.5) is 14.3 Å². The molecule has 0 radical (unpaired) electrons. The number of likely N-dealkylation sites (tertiary alicyclic amines) is 1. The zero-order valence-corrected chi connectivity index (χ0v) is 14.5. The third kappa shape index (κ3) is 3.96. The van der Waals surface area contributed by atoms with Gasteiger partial charge in [-0.05, 0) is 31.0 Å². The molecule has 6 nitrogen and oxygen atoms in total. The first-order valence-corrected chi connectivity index (χ1v) is 8.66. The predicted molar refractivity (Wildman–Crippen MR) is 92.3 cm³/mol. The lowest BCUT2D eigenvalue weighted by molar-refractivity contribution is -0.146. The third-order valence-corrected chi connectivity index (χ3v) is 5.22. The monoisotopic (exact) mass is 363 g/mol. The van der Waals surface area contributed by atoms with Crippen LogP contribution in [0.15, 0.2) is 30.5 Å². The molecule has 132 valence electrons. The number of thiazole rings is 1. The van der Waals surface area contributed by atoms with E-state index < -0.39 is 11.4 Å². The quantitative estimate of drug-likeness (QED) is 0.874. The number of carbonyl (C=O) groups excluding carboxylic acids is 1. The molecule has 1 aliphatic heterocycles. The number of carboxylic acids is 1. The second-order valence-corrected chi connectivity index (χ2v) is 7.52. The highest BCUT2D eigenvalue weighted by Gasteiger charge is 2.42. The maximum absolute atomic E-state index is 13.2. The first kappa shape index (κ1) is 17.3. The topological polar surface area (TPSA) is 82.5 Å². The number of nitrogens with one attached hydrogen (secondary N) is 1. The molecule has 0 spiro atoms. The Morgan fingerprint density at radius 2 is 2.28 bits per heavy atom. The summed E-state index contributed by atoms with van der Waals surface area (Å²) in [5, 5.41) is 12.4. The zero-order valence-electron chi connectivity index (χ0n) is 13.7. The minimum atomic E-state index is -0.900. The van der Waals surface area contributed by atoms with E-state index in [4.69, 9.17) is 0 Å². The van der Waals surface area contributed by atoms with Crippen LogP contribution in [0.5, 0.6) is 0 Å². The molecule has 3 rings (SSSR count). The van der Waals surface area contributed by atoms with Gasteiger partial charge in [-0.15, -0.1) is 11.3 Å². The minimum Gasteiger partial charge on any atom is -0.481 e. The molecule has 1 fully saturated rings. The molecule has 25 heavy (non-hydrogen) atoms. The van der Waals surface area contributed by atoms with E-state index in [0.717, 1.165) is 10.4 Å². The van der Waals surface area contributed by atoms with Crippen LogP contribution >= 0.6 is 11.3 Å². The highest BCUT2D eigenvalue weighted by atomic mass is 32.1. The van der Waals surface area contributed by atoms with Crippen LogP contribution in [-0.2, 0) is 11.2 Å². The number of urea groups is 1. The molecule has 1 atom stereocenters. The number of hydrogen-bond acceptors (Lipinski definition) is 4. The number of aliphatic carboxylic acids is 1. The smallest absolute Gasteiger partial charge is 0.323 e. The summed E-state index contributed by atoms with van der Waals surface area (Å²) in [5.74, 6) is -1.18. The van der Waals surface area contributed by atoms with Gasteiger partial charge in [0.05, 0.1) is 5.41 Å². The largest absolute Gasteiger partial charge is 0.481 e. The number of rotatable bonds is 4. The second-order valence-electron chi connectivity index (χ2n) is 6.41. The van der Waals surface area contributed by atoms with E-state index >= 15 is 0 Å². The van der Waals surface area contributed by atoms with E-state index in [1.807, 2.05) is 6.07 Å². The molecule has 8 heteroatoms. The van der Waals surface area contributed by atoms with Gasteiger partial charge in [-0.1, -0.05) is 12.1 Å². The number of halogens is 1. The van der Waals surface area contributed by atoms with E-state index in [0.29, 0.717) is 24.5 Å². The lowest BCUT2D eigenvalue weighted by Gasteiger charge is -2.19. The van der Waals surface area contributed by atoms with Gasteiger partial charge in [0.15, 0.2) is 5.13 Å². The highest BCUT2D eigenvalue weighted by molar-refractivity contribution is 7.15. The molecular formula is C17H18FN3O3S. The number of carbonyl (C=O) groups is 2. The number of hydrogen-bond donors (Lipinski definition) is 2. The van der Waals surface area contributed by atoms with Crippen LogP contribution in [0.1, 0.15) is 23.8 Å². The fourth-order valence-electron chi connectivity index (χ4n) is 2.77. The summed E-state index contributed by atoms with van der Waals surface area (Å²) >= 11 is 1.32. The zero-order chi connectivity index (χ0) is 18.0. The van der Waals surface area contributed by atoms with Crippen molar-refractivity contribution in [2.75, 3.05) is 18.4 Å². The van der Waals surface area contributed by atoms with Crippen molar-refractivity contribution in [2.45, 2.75) is 19.8 Å². The molecule has 2 amide bonds. The Morgan fingerprint density at radius 1 is 1.48 bits per heavy atom. The molecule has 1 aromatic carbocycles. The van der Waals surface area contributed by atoms with E-state index in [2.05, 4.69) is 10.3 Å². The fourth-order valence-corrected chi connectivity index (χ4v) is 3.61. The Labute approximate surface area is 148 Å². The van der Waals surface area contributed by atoms with Gasteiger partial charge in [0.1, 0.15) is 5.82 Å². The van der Waals surface area contributed by atoms with Gasteiger partial charge >= 0.3 is 12.0 Å². The molecule has 0 aliphatic carbocycles. The Hall–Kier alpha value is -2.48. The van der Waals surface area contributed by atoms with Gasteiger partial charge in [-0.25, -0.2) is 14.2 Å². The van der Waals surface area contributed by atoms with Crippen molar-refractivity contribution in [1.82, 2.24) is 9.88 Å². The van der Waals surface area contributed by atoms with Crippen molar-refractivity contribution >= 4 is 28.5 Å². The summed E-state index contributed by atoms with van der Waals surface area (Å²) in [6.45, 7) is 2.22. The number of carboxylic acid groups (broad SMARTS) is 1. The maximum atomic E-state index is 13.2. The summed E-state index contributed by atoms with van der Waals surface area (Å²) in [7, 11) is 0. The molecule has 1 aliphatic rings.